The number of hydrogen-bond acceptors (Lipinski definition) is 4. The molecule has 0 bridgehead atoms. The van der Waals surface area contributed by atoms with Crippen LogP contribution >= 0.6 is 15.9 Å². The molecule has 1 aliphatic heterocycles. The molecule has 0 aromatic carbocycles. The number of aromatic nitrogens is 1. The molecule has 13 heavy (non-hydrogen) atoms. The Hall–Kier alpha value is -0.810. The van der Waals surface area contributed by atoms with Gasteiger partial charge in [0.2, 0.25) is 0 Å². The lowest BCUT2D eigenvalue weighted by Crippen LogP contribution is -2.33. The second-order valence-corrected chi connectivity index (χ2v) is 3.99. The summed E-state index contributed by atoms with van der Waals surface area (Å²) < 4.78 is 0.969. The molecule has 0 spiro atoms. The van der Waals surface area contributed by atoms with Crippen LogP contribution in [0.25, 0.3) is 0 Å². The summed E-state index contributed by atoms with van der Waals surface area (Å²) in [5, 5.41) is 6.42. The fourth-order valence-corrected chi connectivity index (χ4v) is 1.59. The number of halogens is 1. The normalized spacial score (nSPS) is 20.9. The van der Waals surface area contributed by atoms with E-state index in [1.165, 1.54) is 0 Å². The molecule has 0 fully saturated rings. The Morgan fingerprint density at radius 1 is 1.46 bits per heavy atom. The van der Waals surface area contributed by atoms with Crippen molar-refractivity contribution in [1.29, 1.82) is 0 Å². The molecule has 0 amide bonds. The fourth-order valence-electron chi connectivity index (χ4n) is 1.26. The van der Waals surface area contributed by atoms with Gasteiger partial charge < -0.3 is 16.4 Å². The van der Waals surface area contributed by atoms with Crippen LogP contribution in [0.15, 0.2) is 16.7 Å². The quantitative estimate of drug-likeness (QED) is 0.636. The van der Waals surface area contributed by atoms with Crippen molar-refractivity contribution in [2.45, 2.75) is 6.04 Å². The van der Waals surface area contributed by atoms with Gasteiger partial charge in [0.15, 0.2) is 0 Å². The molecule has 2 rings (SSSR count). The van der Waals surface area contributed by atoms with Gasteiger partial charge in [0.05, 0.1) is 5.69 Å². The van der Waals surface area contributed by atoms with Crippen LogP contribution in [-0.4, -0.2) is 24.1 Å². The van der Waals surface area contributed by atoms with Crippen LogP contribution in [0.2, 0.25) is 0 Å². The molecule has 1 unspecified atom stereocenters. The number of nitrogens with one attached hydrogen (secondary N) is 2. The van der Waals surface area contributed by atoms with Crippen LogP contribution in [0.5, 0.6) is 0 Å². The summed E-state index contributed by atoms with van der Waals surface area (Å²) in [7, 11) is 0. The number of pyridine rings is 1. The summed E-state index contributed by atoms with van der Waals surface area (Å²) in [6, 6.07) is 2.13. The minimum absolute atomic E-state index is 0.132. The Morgan fingerprint density at radius 2 is 2.23 bits per heavy atom. The first-order valence-corrected chi connectivity index (χ1v) is 4.94. The molecule has 1 aromatic rings. The number of fused-ring (bicyclic) bond motifs is 1. The van der Waals surface area contributed by atoms with E-state index in [1.807, 2.05) is 6.07 Å². The maximum Gasteiger partial charge on any atom is 0.149 e. The summed E-state index contributed by atoms with van der Waals surface area (Å²) in [6.07, 6.45) is 1.77. The van der Waals surface area contributed by atoms with Crippen molar-refractivity contribution in [3.63, 3.8) is 0 Å². The van der Waals surface area contributed by atoms with Gasteiger partial charge in [0.25, 0.3) is 0 Å². The molecule has 0 radical (unpaired) electrons. The highest BCUT2D eigenvalue weighted by molar-refractivity contribution is 9.10. The van der Waals surface area contributed by atoms with Crippen molar-refractivity contribution in [1.82, 2.24) is 4.98 Å². The predicted molar refractivity (Wildman–Crippen MR) is 56.9 cm³/mol. The number of nitrogens with two attached hydrogens (primary N) is 1. The Kier molecular flexibility index (Phi) is 2.37. The van der Waals surface area contributed by atoms with Gasteiger partial charge in [0.1, 0.15) is 5.82 Å². The Bertz CT molecular complexity index is 315. The molecule has 4 nitrogen and oxygen atoms in total. The third kappa shape index (κ3) is 1.92. The third-order valence-electron chi connectivity index (χ3n) is 1.94. The Morgan fingerprint density at radius 3 is 3.08 bits per heavy atom. The van der Waals surface area contributed by atoms with Gasteiger partial charge in [-0.3, -0.25) is 0 Å². The first kappa shape index (κ1) is 8.77. The first-order valence-electron chi connectivity index (χ1n) is 4.14. The van der Waals surface area contributed by atoms with E-state index < -0.39 is 0 Å². The molecule has 0 aliphatic carbocycles. The van der Waals surface area contributed by atoms with Crippen molar-refractivity contribution in [2.24, 2.45) is 5.73 Å². The van der Waals surface area contributed by atoms with E-state index >= 15 is 0 Å². The minimum Gasteiger partial charge on any atom is -0.380 e. The van der Waals surface area contributed by atoms with Gasteiger partial charge in [-0.2, -0.15) is 0 Å². The maximum atomic E-state index is 5.79. The SMILES string of the molecule is NC1CNc2cc(Br)cnc2NC1. The van der Waals surface area contributed by atoms with Crippen molar-refractivity contribution >= 4 is 27.4 Å². The van der Waals surface area contributed by atoms with E-state index in [0.29, 0.717) is 0 Å². The van der Waals surface area contributed by atoms with Crippen LogP contribution in [0, 0.1) is 0 Å². The summed E-state index contributed by atoms with van der Waals surface area (Å²) >= 11 is 3.37. The lowest BCUT2D eigenvalue weighted by atomic mass is 10.3. The van der Waals surface area contributed by atoms with Crippen LogP contribution in [0.1, 0.15) is 0 Å². The highest BCUT2D eigenvalue weighted by atomic mass is 79.9. The van der Waals surface area contributed by atoms with Gasteiger partial charge in [-0.05, 0) is 22.0 Å². The Labute approximate surface area is 85.0 Å². The van der Waals surface area contributed by atoms with Gasteiger partial charge in [-0.15, -0.1) is 0 Å². The smallest absolute Gasteiger partial charge is 0.149 e. The average Bonchev–Trinajstić information content (AvgIpc) is 2.29. The summed E-state index contributed by atoms with van der Waals surface area (Å²) in [4.78, 5) is 4.24. The number of hydrogen-bond donors (Lipinski definition) is 3. The molecule has 1 aliphatic rings. The van der Waals surface area contributed by atoms with E-state index in [1.54, 1.807) is 6.20 Å². The van der Waals surface area contributed by atoms with Crippen molar-refractivity contribution in [3.8, 4) is 0 Å². The topological polar surface area (TPSA) is 63.0 Å². The standard InChI is InChI=1S/C8H11BrN4/c9-5-1-7-8(12-2-5)13-4-6(10)3-11-7/h1-2,6,11H,3-4,10H2,(H,12,13). The zero-order chi connectivity index (χ0) is 9.26. The van der Waals surface area contributed by atoms with E-state index in [-0.39, 0.29) is 6.04 Å². The predicted octanol–water partition coefficient (Wildman–Crippen LogP) is 1.01. The molecule has 0 saturated heterocycles. The van der Waals surface area contributed by atoms with Crippen LogP contribution in [0.4, 0.5) is 11.5 Å². The van der Waals surface area contributed by atoms with Crippen LogP contribution in [-0.2, 0) is 0 Å². The van der Waals surface area contributed by atoms with Crippen molar-refractivity contribution in [2.75, 3.05) is 23.7 Å². The van der Waals surface area contributed by atoms with Crippen LogP contribution in [0.3, 0.4) is 0 Å². The fraction of sp³-hybridized carbons (Fsp3) is 0.375. The van der Waals surface area contributed by atoms with E-state index in [9.17, 15) is 0 Å². The lowest BCUT2D eigenvalue weighted by Gasteiger charge is -2.06. The summed E-state index contributed by atoms with van der Waals surface area (Å²) in [6.45, 7) is 1.53. The first-order chi connectivity index (χ1) is 6.25. The maximum absolute atomic E-state index is 5.79. The molecule has 1 atom stereocenters. The largest absolute Gasteiger partial charge is 0.380 e. The molecule has 5 heteroatoms. The van der Waals surface area contributed by atoms with E-state index in [0.717, 1.165) is 29.1 Å². The molecule has 70 valence electrons. The Balaban J connectivity index is 2.30. The van der Waals surface area contributed by atoms with Gasteiger partial charge in [-0.25, -0.2) is 4.98 Å². The average molecular weight is 243 g/mol. The number of anilines is 2. The second-order valence-electron chi connectivity index (χ2n) is 3.07. The molecular formula is C8H11BrN4. The van der Waals surface area contributed by atoms with E-state index in [4.69, 9.17) is 5.73 Å². The van der Waals surface area contributed by atoms with Crippen molar-refractivity contribution < 1.29 is 0 Å². The number of rotatable bonds is 0. The van der Waals surface area contributed by atoms with Gasteiger partial charge in [0, 0.05) is 29.8 Å². The minimum atomic E-state index is 0.132. The lowest BCUT2D eigenvalue weighted by molar-refractivity contribution is 0.745. The monoisotopic (exact) mass is 242 g/mol. The molecule has 2 heterocycles. The summed E-state index contributed by atoms with van der Waals surface area (Å²) in [5.41, 5.74) is 6.79. The van der Waals surface area contributed by atoms with Gasteiger partial charge >= 0.3 is 0 Å². The molecule has 1 aromatic heterocycles. The third-order valence-corrected chi connectivity index (χ3v) is 2.37. The van der Waals surface area contributed by atoms with Gasteiger partial charge in [-0.1, -0.05) is 0 Å². The second kappa shape index (κ2) is 3.51. The highest BCUT2D eigenvalue weighted by Gasteiger charge is 2.12. The highest BCUT2D eigenvalue weighted by Crippen LogP contribution is 2.24. The molecule has 4 N–H and O–H groups in total. The van der Waals surface area contributed by atoms with E-state index in [2.05, 4.69) is 31.5 Å². The summed E-state index contributed by atoms with van der Waals surface area (Å²) in [5.74, 6) is 0.871. The number of nitrogens with zero attached hydrogens (tertiary/aromatic N) is 1. The zero-order valence-electron chi connectivity index (χ0n) is 7.05. The molecule has 0 saturated carbocycles. The van der Waals surface area contributed by atoms with Crippen LogP contribution < -0.4 is 16.4 Å². The zero-order valence-corrected chi connectivity index (χ0v) is 8.63. The molecular weight excluding hydrogens is 232 g/mol. The van der Waals surface area contributed by atoms with Crippen molar-refractivity contribution in [3.05, 3.63) is 16.7 Å².